The van der Waals surface area contributed by atoms with Gasteiger partial charge in [0, 0.05) is 0 Å². The van der Waals surface area contributed by atoms with Crippen LogP contribution in [0.5, 0.6) is 0 Å². The molecule has 0 amide bonds. The Kier molecular flexibility index (Phi) is 16.8. The first-order valence-corrected chi connectivity index (χ1v) is 43.7. The molecule has 66 heavy (non-hydrogen) atoms. The van der Waals surface area contributed by atoms with Crippen LogP contribution in [0.15, 0.2) is 96.1 Å². The number of halogens is 2. The van der Waals surface area contributed by atoms with Crippen molar-refractivity contribution in [3.05, 3.63) is 129 Å². The standard InChI is InChI=1S/2C30H39.C2H7Si.2ClH.Zr/c2*1-3-18-30(19-9-7-5-6-8-10-20-30)23-25-21-27-12-11-13-28(29(27)22-25)26-16-14-24(4-2)15-17-26;1-3-2;;;/h2*11-17,21-22H,3-10,18-20,23H2,1-2H3;3H,1-2H3;2*1H;/q;;;;;+2/p-2. The molecule has 2 unspecified atom stereocenters. The molecule has 2 saturated carbocycles. The number of hydrogen-bond acceptors (Lipinski definition) is 0. The molecule has 0 bridgehead atoms. The molecule has 355 valence electrons. The molecular formula is C62H85Cl2SiZr. The fourth-order valence-electron chi connectivity index (χ4n) is 14.3. The molecule has 0 spiro atoms. The molecule has 4 aromatic rings. The van der Waals surface area contributed by atoms with Crippen LogP contribution in [0, 0.1) is 10.8 Å². The second-order valence-corrected chi connectivity index (χ2v) is 65.0. The first-order valence-electron chi connectivity index (χ1n) is 27.4. The molecule has 8 rings (SSSR count). The molecule has 4 aliphatic carbocycles. The zero-order chi connectivity index (χ0) is 46.4. The number of benzene rings is 4. The molecule has 0 nitrogen and oxygen atoms in total. The Morgan fingerprint density at radius 1 is 0.485 bits per heavy atom. The molecule has 0 aliphatic heterocycles. The van der Waals surface area contributed by atoms with E-state index in [-0.39, 0.29) is 18.1 Å². The molecule has 2 atom stereocenters. The minimum absolute atomic E-state index is 0.0992. The summed E-state index contributed by atoms with van der Waals surface area (Å²) in [7, 11) is 18.9. The summed E-state index contributed by atoms with van der Waals surface area (Å²) in [5.41, 5.74) is 17.7. The van der Waals surface area contributed by atoms with E-state index in [1.807, 2.05) is 0 Å². The van der Waals surface area contributed by atoms with Crippen LogP contribution in [0.3, 0.4) is 0 Å². The Bertz CT molecular complexity index is 2140. The fraction of sp³-hybridized carbons (Fsp3) is 0.548. The predicted octanol–water partition coefficient (Wildman–Crippen LogP) is 20.3. The summed E-state index contributed by atoms with van der Waals surface area (Å²) in [6, 6.07) is 33.4. The molecule has 0 saturated heterocycles. The van der Waals surface area contributed by atoms with Crippen molar-refractivity contribution in [2.75, 3.05) is 0 Å². The molecule has 0 radical (unpaired) electrons. The Hall–Kier alpha value is -1.96. The third kappa shape index (κ3) is 10.3. The van der Waals surface area contributed by atoms with Gasteiger partial charge >= 0.3 is 415 Å². The van der Waals surface area contributed by atoms with Crippen molar-refractivity contribution in [2.24, 2.45) is 10.8 Å². The van der Waals surface area contributed by atoms with Gasteiger partial charge in [-0.1, -0.05) is 0 Å². The van der Waals surface area contributed by atoms with E-state index in [1.165, 1.54) is 184 Å². The summed E-state index contributed by atoms with van der Waals surface area (Å²) < 4.78 is 0.198. The number of aryl methyl sites for hydroxylation is 2. The van der Waals surface area contributed by atoms with E-state index < -0.39 is 21.5 Å². The van der Waals surface area contributed by atoms with Crippen molar-refractivity contribution in [2.45, 2.75) is 202 Å². The topological polar surface area (TPSA) is 0 Å². The predicted molar refractivity (Wildman–Crippen MR) is 292 cm³/mol. The van der Waals surface area contributed by atoms with E-state index in [1.54, 1.807) is 11.1 Å². The van der Waals surface area contributed by atoms with Gasteiger partial charge in [-0.25, -0.2) is 0 Å². The van der Waals surface area contributed by atoms with Crippen molar-refractivity contribution in [1.82, 2.24) is 0 Å². The number of fused-ring (bicyclic) bond motifs is 2. The minimum atomic E-state index is -5.21. The SMILES string of the molecule is CCCC1(CC2=Cc3c(-c4ccc(CC)cc4)cccc3[CH]2[Zr]([Cl])([Cl])([CH]2C(CC3(CCC)CCCCCCCC3)=Cc3c(-c4ccc(CC)cc4)cccc32)[SiH](C)C)CCCCCCCC1. The van der Waals surface area contributed by atoms with Crippen molar-refractivity contribution >= 4 is 35.1 Å². The molecule has 4 aliphatic rings. The zero-order valence-electron chi connectivity index (χ0n) is 42.2. The number of allylic oxidation sites excluding steroid dienone is 2. The molecule has 2 fully saturated rings. The first-order chi connectivity index (χ1) is 32.0. The number of rotatable bonds is 15. The monoisotopic (exact) mass is 1020 g/mol. The van der Waals surface area contributed by atoms with Crippen molar-refractivity contribution in [1.29, 1.82) is 0 Å². The van der Waals surface area contributed by atoms with Gasteiger partial charge in [0.15, 0.2) is 0 Å². The Labute approximate surface area is 412 Å². The van der Waals surface area contributed by atoms with Crippen LogP contribution in [0.2, 0.25) is 13.1 Å². The second-order valence-electron chi connectivity index (χ2n) is 22.5. The molecule has 4 aromatic carbocycles. The van der Waals surface area contributed by atoms with Crippen molar-refractivity contribution in [3.63, 3.8) is 0 Å². The maximum absolute atomic E-state index is 9.47. The summed E-state index contributed by atoms with van der Waals surface area (Å²) in [6.45, 7) is 14.6. The summed E-state index contributed by atoms with van der Waals surface area (Å²) in [5, 5.41) is 0. The van der Waals surface area contributed by atoms with Gasteiger partial charge in [0.05, 0.1) is 0 Å². The van der Waals surface area contributed by atoms with Gasteiger partial charge in [0.2, 0.25) is 0 Å². The number of hydrogen-bond donors (Lipinski definition) is 0. The van der Waals surface area contributed by atoms with Crippen LogP contribution in [-0.4, -0.2) is 5.92 Å². The van der Waals surface area contributed by atoms with Crippen molar-refractivity contribution in [3.8, 4) is 22.3 Å². The van der Waals surface area contributed by atoms with E-state index in [2.05, 4.69) is 138 Å². The van der Waals surface area contributed by atoms with Crippen LogP contribution in [0.25, 0.3) is 34.4 Å². The van der Waals surface area contributed by atoms with Crippen LogP contribution < -0.4 is 0 Å². The Morgan fingerprint density at radius 3 is 1.15 bits per heavy atom. The van der Waals surface area contributed by atoms with E-state index in [9.17, 15) is 17.0 Å². The average molecular weight is 1020 g/mol. The van der Waals surface area contributed by atoms with Gasteiger partial charge < -0.3 is 0 Å². The molecule has 4 heteroatoms. The normalized spacial score (nSPS) is 21.7. The Balaban J connectivity index is 1.36. The van der Waals surface area contributed by atoms with E-state index in [0.717, 1.165) is 25.7 Å². The van der Waals surface area contributed by atoms with Crippen LogP contribution >= 0.6 is 17.0 Å². The molecule has 0 N–H and O–H groups in total. The maximum atomic E-state index is 9.47. The summed E-state index contributed by atoms with van der Waals surface area (Å²) in [4.78, 5) is 0. The van der Waals surface area contributed by atoms with Gasteiger partial charge in [-0.2, -0.15) is 0 Å². The van der Waals surface area contributed by atoms with Gasteiger partial charge in [-0.05, 0) is 0 Å². The molecule has 0 aromatic heterocycles. The second kappa shape index (κ2) is 22.0. The first kappa shape index (κ1) is 50.4. The van der Waals surface area contributed by atoms with Gasteiger partial charge in [-0.15, -0.1) is 0 Å². The van der Waals surface area contributed by atoms with Gasteiger partial charge in [-0.3, -0.25) is 0 Å². The van der Waals surface area contributed by atoms with Crippen LogP contribution in [0.1, 0.15) is 210 Å². The fourth-order valence-corrected chi connectivity index (χ4v) is 45.6. The van der Waals surface area contributed by atoms with Crippen molar-refractivity contribution < 1.29 is 15.6 Å². The van der Waals surface area contributed by atoms with Gasteiger partial charge in [0.25, 0.3) is 0 Å². The van der Waals surface area contributed by atoms with E-state index in [4.69, 9.17) is 0 Å². The summed E-state index contributed by atoms with van der Waals surface area (Å²) in [5.74, 6) is -1.80. The quantitative estimate of drug-likeness (QED) is 0.104. The zero-order valence-corrected chi connectivity index (χ0v) is 47.3. The average Bonchev–Trinajstić information content (AvgIpc) is 3.94. The molecule has 0 heterocycles. The molecular weight excluding hydrogens is 935 g/mol. The van der Waals surface area contributed by atoms with Crippen LogP contribution in [0.4, 0.5) is 0 Å². The van der Waals surface area contributed by atoms with Crippen LogP contribution in [-0.2, 0) is 28.4 Å². The third-order valence-electron chi connectivity index (χ3n) is 17.9. The van der Waals surface area contributed by atoms with Gasteiger partial charge in [0.1, 0.15) is 0 Å². The van der Waals surface area contributed by atoms with E-state index in [0.29, 0.717) is 0 Å². The summed E-state index contributed by atoms with van der Waals surface area (Å²) >= 11 is -5.21. The summed E-state index contributed by atoms with van der Waals surface area (Å²) in [6.07, 6.45) is 36.6. The van der Waals surface area contributed by atoms with E-state index >= 15 is 0 Å². The Morgan fingerprint density at radius 2 is 0.833 bits per heavy atom. The third-order valence-corrected chi connectivity index (χ3v) is 69.8.